The van der Waals surface area contributed by atoms with E-state index in [0.717, 1.165) is 0 Å². The normalized spacial score (nSPS) is 12.7. The van der Waals surface area contributed by atoms with Gasteiger partial charge in [0.25, 0.3) is 0 Å². The molecule has 0 spiro atoms. The molecule has 0 heterocycles. The molecule has 0 rings (SSSR count). The number of aliphatic hydroxyl groups excluding tert-OH is 1. The van der Waals surface area contributed by atoms with Crippen LogP contribution in [0.4, 0.5) is 0 Å². The Morgan fingerprint density at radius 2 is 1.77 bits per heavy atom. The highest BCUT2D eigenvalue weighted by Gasteiger charge is 2.35. The molecule has 0 bridgehead atoms. The molecular formula is C10H22N2O. The van der Waals surface area contributed by atoms with Crippen molar-refractivity contribution in [1.82, 2.24) is 10.6 Å². The van der Waals surface area contributed by atoms with Gasteiger partial charge in [-0.2, -0.15) is 0 Å². The molecule has 0 aliphatic carbocycles. The van der Waals surface area contributed by atoms with Gasteiger partial charge in [0.1, 0.15) is 0 Å². The van der Waals surface area contributed by atoms with Crippen LogP contribution in [0, 0.1) is 5.41 Å². The van der Waals surface area contributed by atoms with Gasteiger partial charge in [-0.3, -0.25) is 0 Å². The van der Waals surface area contributed by atoms with Crippen molar-refractivity contribution in [2.45, 2.75) is 33.2 Å². The quantitative estimate of drug-likeness (QED) is 0.572. The summed E-state index contributed by atoms with van der Waals surface area (Å²) in [5.41, 5.74) is 0.0445. The third-order valence-corrected chi connectivity index (χ3v) is 3.05. The van der Waals surface area contributed by atoms with Crippen LogP contribution in [0.1, 0.15) is 27.7 Å². The molecule has 0 aromatic rings. The Balaban J connectivity index is 4.30. The monoisotopic (exact) mass is 186 g/mol. The van der Waals surface area contributed by atoms with Crippen LogP contribution in [0.5, 0.6) is 0 Å². The maximum absolute atomic E-state index is 8.93. The Bertz CT molecular complexity index is 185. The Hall–Kier alpha value is -0.700. The number of hydrogen-bond acceptors (Lipinski definition) is 3. The van der Waals surface area contributed by atoms with Crippen molar-refractivity contribution < 1.29 is 5.11 Å². The van der Waals surface area contributed by atoms with Gasteiger partial charge in [0.05, 0.1) is 0 Å². The van der Waals surface area contributed by atoms with E-state index >= 15 is 0 Å². The minimum absolute atomic E-state index is 0.00938. The molecule has 0 radical (unpaired) electrons. The lowest BCUT2D eigenvalue weighted by Gasteiger charge is -2.41. The highest BCUT2D eigenvalue weighted by atomic mass is 16.3. The predicted molar refractivity (Wildman–Crippen MR) is 56.7 cm³/mol. The number of hydrogen-bond donors (Lipinski definition) is 3. The summed E-state index contributed by atoms with van der Waals surface area (Å²) < 4.78 is 0. The lowest BCUT2D eigenvalue weighted by atomic mass is 9.74. The fraction of sp³-hybridized carbons (Fsp3) is 0.800. The summed E-state index contributed by atoms with van der Waals surface area (Å²) in [6, 6.07) is 0. The standard InChI is InChI=1S/C10H22N2O/c1-8(13)12-7-9(2,3)10(4,5)11-6/h11-13H,1,7H2,2-6H3. The second-order valence-electron chi connectivity index (χ2n) is 4.56. The summed E-state index contributed by atoms with van der Waals surface area (Å²) in [5, 5.41) is 15.0. The second-order valence-corrected chi connectivity index (χ2v) is 4.56. The first-order valence-electron chi connectivity index (χ1n) is 4.53. The van der Waals surface area contributed by atoms with Crippen LogP contribution in [0.15, 0.2) is 12.5 Å². The number of aliphatic hydroxyl groups is 1. The van der Waals surface area contributed by atoms with Gasteiger partial charge in [-0.05, 0) is 32.9 Å². The zero-order chi connectivity index (χ0) is 10.7. The van der Waals surface area contributed by atoms with Crippen LogP contribution in [-0.4, -0.2) is 24.2 Å². The summed E-state index contributed by atoms with van der Waals surface area (Å²) in [5.74, 6) is 0.0278. The molecule has 0 saturated carbocycles. The Morgan fingerprint density at radius 1 is 1.31 bits per heavy atom. The van der Waals surface area contributed by atoms with Crippen molar-refractivity contribution in [1.29, 1.82) is 0 Å². The van der Waals surface area contributed by atoms with Crippen LogP contribution in [0.3, 0.4) is 0 Å². The molecule has 0 aromatic heterocycles. The zero-order valence-corrected chi connectivity index (χ0v) is 9.36. The second kappa shape index (κ2) is 4.01. The highest BCUT2D eigenvalue weighted by Crippen LogP contribution is 2.29. The Kier molecular flexibility index (Phi) is 3.79. The lowest BCUT2D eigenvalue weighted by molar-refractivity contribution is 0.157. The minimum atomic E-state index is 0.00938. The third-order valence-electron chi connectivity index (χ3n) is 3.05. The molecule has 0 aliphatic heterocycles. The first-order valence-corrected chi connectivity index (χ1v) is 4.53. The summed E-state index contributed by atoms with van der Waals surface area (Å²) >= 11 is 0. The van der Waals surface area contributed by atoms with Crippen LogP contribution in [-0.2, 0) is 0 Å². The van der Waals surface area contributed by atoms with Gasteiger partial charge in [0.2, 0.25) is 0 Å². The molecule has 0 fully saturated rings. The SMILES string of the molecule is C=C(O)NCC(C)(C)C(C)(C)NC. The van der Waals surface area contributed by atoms with E-state index in [-0.39, 0.29) is 16.8 Å². The summed E-state index contributed by atoms with van der Waals surface area (Å²) in [6.07, 6.45) is 0. The lowest BCUT2D eigenvalue weighted by Crippen LogP contribution is -2.53. The third kappa shape index (κ3) is 3.27. The largest absolute Gasteiger partial charge is 0.495 e. The molecule has 3 heteroatoms. The molecule has 78 valence electrons. The van der Waals surface area contributed by atoms with Crippen molar-refractivity contribution in [2.75, 3.05) is 13.6 Å². The van der Waals surface area contributed by atoms with Gasteiger partial charge < -0.3 is 15.7 Å². The molecular weight excluding hydrogens is 164 g/mol. The molecule has 0 atom stereocenters. The molecule has 0 saturated heterocycles. The van der Waals surface area contributed by atoms with Crippen molar-refractivity contribution in [3.8, 4) is 0 Å². The van der Waals surface area contributed by atoms with E-state index in [1.54, 1.807) is 0 Å². The molecule has 0 unspecified atom stereocenters. The Labute approximate surface area is 81.2 Å². The highest BCUT2D eigenvalue weighted by molar-refractivity contribution is 4.95. The van der Waals surface area contributed by atoms with Crippen molar-refractivity contribution >= 4 is 0 Å². The first kappa shape index (κ1) is 12.3. The molecule has 3 nitrogen and oxygen atoms in total. The molecule has 0 amide bonds. The van der Waals surface area contributed by atoms with E-state index in [1.807, 2.05) is 7.05 Å². The van der Waals surface area contributed by atoms with Crippen LogP contribution < -0.4 is 10.6 Å². The van der Waals surface area contributed by atoms with E-state index in [9.17, 15) is 0 Å². The van der Waals surface area contributed by atoms with Gasteiger partial charge in [0.15, 0.2) is 5.88 Å². The van der Waals surface area contributed by atoms with E-state index in [2.05, 4.69) is 44.9 Å². The molecule has 0 aliphatic rings. The van der Waals surface area contributed by atoms with Crippen LogP contribution in [0.25, 0.3) is 0 Å². The fourth-order valence-corrected chi connectivity index (χ4v) is 0.882. The molecule has 0 aromatic carbocycles. The maximum atomic E-state index is 8.93. The van der Waals surface area contributed by atoms with Crippen molar-refractivity contribution in [3.05, 3.63) is 12.5 Å². The van der Waals surface area contributed by atoms with Gasteiger partial charge in [-0.25, -0.2) is 0 Å². The van der Waals surface area contributed by atoms with E-state index < -0.39 is 0 Å². The average Bonchev–Trinajstić information content (AvgIpc) is 2.01. The predicted octanol–water partition coefficient (Wildman–Crippen LogP) is 1.63. The smallest absolute Gasteiger partial charge is 0.176 e. The first-order chi connectivity index (χ1) is 5.73. The van der Waals surface area contributed by atoms with Crippen molar-refractivity contribution in [2.24, 2.45) is 5.41 Å². The topological polar surface area (TPSA) is 44.3 Å². The van der Waals surface area contributed by atoms with E-state index in [0.29, 0.717) is 6.54 Å². The van der Waals surface area contributed by atoms with Crippen LogP contribution >= 0.6 is 0 Å². The number of nitrogens with one attached hydrogen (secondary N) is 2. The van der Waals surface area contributed by atoms with Crippen LogP contribution in [0.2, 0.25) is 0 Å². The summed E-state index contributed by atoms with van der Waals surface area (Å²) in [7, 11) is 1.94. The van der Waals surface area contributed by atoms with Gasteiger partial charge >= 0.3 is 0 Å². The zero-order valence-electron chi connectivity index (χ0n) is 9.36. The maximum Gasteiger partial charge on any atom is 0.176 e. The van der Waals surface area contributed by atoms with Gasteiger partial charge in [-0.1, -0.05) is 13.8 Å². The number of rotatable bonds is 5. The van der Waals surface area contributed by atoms with Crippen molar-refractivity contribution in [3.63, 3.8) is 0 Å². The Morgan fingerprint density at radius 3 is 2.08 bits per heavy atom. The molecule has 13 heavy (non-hydrogen) atoms. The minimum Gasteiger partial charge on any atom is -0.495 e. The van der Waals surface area contributed by atoms with Gasteiger partial charge in [0, 0.05) is 12.1 Å². The fourth-order valence-electron chi connectivity index (χ4n) is 0.882. The molecule has 3 N–H and O–H groups in total. The van der Waals surface area contributed by atoms with E-state index in [1.165, 1.54) is 0 Å². The summed E-state index contributed by atoms with van der Waals surface area (Å²) in [6.45, 7) is 12.6. The summed E-state index contributed by atoms with van der Waals surface area (Å²) in [4.78, 5) is 0. The van der Waals surface area contributed by atoms with Gasteiger partial charge in [-0.15, -0.1) is 0 Å². The average molecular weight is 186 g/mol. The van der Waals surface area contributed by atoms with E-state index in [4.69, 9.17) is 5.11 Å².